The molecule has 0 spiro atoms. The lowest BCUT2D eigenvalue weighted by Gasteiger charge is -2.03. The molecule has 0 aliphatic carbocycles. The van der Waals surface area contributed by atoms with E-state index in [1.807, 2.05) is 0 Å². The lowest BCUT2D eigenvalue weighted by atomic mass is 10.3. The topological polar surface area (TPSA) is 40.9 Å². The van der Waals surface area contributed by atoms with Gasteiger partial charge in [-0.25, -0.2) is 8.78 Å². The summed E-state index contributed by atoms with van der Waals surface area (Å²) < 4.78 is 36.7. The van der Waals surface area contributed by atoms with Gasteiger partial charge < -0.3 is 0 Å². The summed E-state index contributed by atoms with van der Waals surface area (Å²) in [5, 5.41) is 7.74. The Kier molecular flexibility index (Phi) is 3.31. The van der Waals surface area contributed by atoms with Crippen LogP contribution in [0.4, 0.5) is 8.78 Å². The van der Waals surface area contributed by atoms with Gasteiger partial charge in [-0.15, -0.1) is 0 Å². The van der Waals surface area contributed by atoms with Crippen molar-refractivity contribution in [3.63, 3.8) is 0 Å². The molecule has 2 unspecified atom stereocenters. The van der Waals surface area contributed by atoms with Gasteiger partial charge in [-0.3, -0.25) is 4.21 Å². The first-order valence-corrected chi connectivity index (χ1v) is 5.03. The van der Waals surface area contributed by atoms with Gasteiger partial charge in [0.1, 0.15) is 5.25 Å². The van der Waals surface area contributed by atoms with Gasteiger partial charge in [-0.05, 0) is 25.1 Å². The first-order valence-electron chi connectivity index (χ1n) is 3.81. The highest BCUT2D eigenvalue weighted by molar-refractivity contribution is 7.86. The zero-order valence-corrected chi connectivity index (χ0v) is 8.15. The summed E-state index contributed by atoms with van der Waals surface area (Å²) in [6.45, 7) is 1.46. The van der Waals surface area contributed by atoms with Crippen molar-refractivity contribution in [1.29, 1.82) is 5.26 Å². The Bertz CT molecular complexity index is 414. The predicted molar refractivity (Wildman–Crippen MR) is 47.8 cm³/mol. The molecule has 0 fully saturated rings. The molecule has 0 amide bonds. The van der Waals surface area contributed by atoms with Crippen LogP contribution in [0.15, 0.2) is 23.1 Å². The van der Waals surface area contributed by atoms with Crippen LogP contribution in [0.25, 0.3) is 0 Å². The zero-order chi connectivity index (χ0) is 10.7. The fraction of sp³-hybridized carbons (Fsp3) is 0.222. The second-order valence-electron chi connectivity index (χ2n) is 2.64. The molecule has 2 atom stereocenters. The molecule has 1 aromatic rings. The Morgan fingerprint density at radius 1 is 1.43 bits per heavy atom. The van der Waals surface area contributed by atoms with Crippen LogP contribution in [0.5, 0.6) is 0 Å². The number of hydrogen-bond acceptors (Lipinski definition) is 2. The third-order valence-electron chi connectivity index (χ3n) is 1.63. The van der Waals surface area contributed by atoms with Crippen molar-refractivity contribution in [3.05, 3.63) is 29.8 Å². The molecule has 0 aliphatic heterocycles. The van der Waals surface area contributed by atoms with E-state index in [2.05, 4.69) is 0 Å². The van der Waals surface area contributed by atoms with E-state index in [-0.39, 0.29) is 4.90 Å². The predicted octanol–water partition coefficient (Wildman–Crippen LogP) is 1.98. The molecule has 1 aromatic carbocycles. The maximum Gasteiger partial charge on any atom is 0.160 e. The standard InChI is InChI=1S/C9H7F2NOS/c1-6(5-12)14(13)7-2-3-8(10)9(11)4-7/h2-4,6H,1H3. The molecule has 1 rings (SSSR count). The molecule has 2 nitrogen and oxygen atoms in total. The molecule has 5 heteroatoms. The summed E-state index contributed by atoms with van der Waals surface area (Å²) in [7, 11) is -1.61. The van der Waals surface area contributed by atoms with E-state index in [1.54, 1.807) is 6.07 Å². The number of hydrogen-bond donors (Lipinski definition) is 0. The molecule has 0 aromatic heterocycles. The van der Waals surface area contributed by atoms with E-state index in [0.717, 1.165) is 12.1 Å². The Labute approximate surface area is 82.6 Å². The molecular weight excluding hydrogens is 208 g/mol. The van der Waals surface area contributed by atoms with E-state index >= 15 is 0 Å². The van der Waals surface area contributed by atoms with E-state index in [1.165, 1.54) is 13.0 Å². The molecule has 74 valence electrons. The van der Waals surface area contributed by atoms with Crippen molar-refractivity contribution in [2.24, 2.45) is 0 Å². The molecular formula is C9H7F2NOS. The molecule has 0 saturated heterocycles. The maximum absolute atomic E-state index is 12.7. The van der Waals surface area contributed by atoms with Crippen LogP contribution in [0.3, 0.4) is 0 Å². The van der Waals surface area contributed by atoms with Crippen LogP contribution in [-0.4, -0.2) is 9.46 Å². The van der Waals surface area contributed by atoms with Crippen molar-refractivity contribution in [3.8, 4) is 6.07 Å². The Balaban J connectivity index is 3.04. The van der Waals surface area contributed by atoms with Gasteiger partial charge in [-0.2, -0.15) is 5.26 Å². The van der Waals surface area contributed by atoms with Gasteiger partial charge in [0.05, 0.1) is 16.9 Å². The van der Waals surface area contributed by atoms with Crippen LogP contribution in [0, 0.1) is 23.0 Å². The Hall–Kier alpha value is -1.28. The fourth-order valence-electron chi connectivity index (χ4n) is 0.854. The van der Waals surface area contributed by atoms with Crippen LogP contribution >= 0.6 is 0 Å². The fourth-order valence-corrected chi connectivity index (χ4v) is 1.78. The quantitative estimate of drug-likeness (QED) is 0.756. The largest absolute Gasteiger partial charge is 0.253 e. The summed E-state index contributed by atoms with van der Waals surface area (Å²) in [4.78, 5) is 0.123. The van der Waals surface area contributed by atoms with Crippen LogP contribution < -0.4 is 0 Å². The highest BCUT2D eigenvalue weighted by Gasteiger charge is 2.14. The van der Waals surface area contributed by atoms with Gasteiger partial charge in [-0.1, -0.05) is 0 Å². The van der Waals surface area contributed by atoms with Crippen molar-refractivity contribution in [2.45, 2.75) is 17.1 Å². The third kappa shape index (κ3) is 2.15. The van der Waals surface area contributed by atoms with E-state index < -0.39 is 27.7 Å². The molecule has 0 heterocycles. The third-order valence-corrected chi connectivity index (χ3v) is 3.09. The molecule has 14 heavy (non-hydrogen) atoms. The van der Waals surface area contributed by atoms with Crippen LogP contribution in [-0.2, 0) is 10.8 Å². The molecule has 0 N–H and O–H groups in total. The smallest absolute Gasteiger partial charge is 0.160 e. The van der Waals surface area contributed by atoms with Gasteiger partial charge in [0, 0.05) is 4.90 Å². The van der Waals surface area contributed by atoms with Crippen molar-refractivity contribution < 1.29 is 13.0 Å². The number of rotatable bonds is 2. The highest BCUT2D eigenvalue weighted by Crippen LogP contribution is 2.14. The summed E-state index contributed by atoms with van der Waals surface area (Å²) >= 11 is 0. The summed E-state index contributed by atoms with van der Waals surface area (Å²) in [5.74, 6) is -2.05. The van der Waals surface area contributed by atoms with Gasteiger partial charge in [0.25, 0.3) is 0 Å². The average Bonchev–Trinajstić information content (AvgIpc) is 2.20. The van der Waals surface area contributed by atoms with E-state index in [0.29, 0.717) is 0 Å². The highest BCUT2D eigenvalue weighted by atomic mass is 32.2. The second kappa shape index (κ2) is 4.29. The first-order chi connectivity index (χ1) is 6.56. The second-order valence-corrected chi connectivity index (χ2v) is 4.42. The molecule has 0 radical (unpaired) electrons. The van der Waals surface area contributed by atoms with Crippen LogP contribution in [0.2, 0.25) is 0 Å². The number of benzene rings is 1. The molecule has 0 saturated carbocycles. The van der Waals surface area contributed by atoms with Gasteiger partial charge >= 0.3 is 0 Å². The SMILES string of the molecule is CC(C#N)S(=O)c1ccc(F)c(F)c1. The Morgan fingerprint density at radius 3 is 2.57 bits per heavy atom. The monoisotopic (exact) mass is 215 g/mol. The number of nitriles is 1. The van der Waals surface area contributed by atoms with E-state index in [9.17, 15) is 13.0 Å². The van der Waals surface area contributed by atoms with Crippen molar-refractivity contribution in [2.75, 3.05) is 0 Å². The normalized spacial score (nSPS) is 14.4. The first kappa shape index (κ1) is 10.8. The summed E-state index contributed by atoms with van der Waals surface area (Å²) in [5.41, 5.74) is 0. The lowest BCUT2D eigenvalue weighted by molar-refractivity contribution is 0.505. The minimum Gasteiger partial charge on any atom is -0.253 e. The van der Waals surface area contributed by atoms with Crippen molar-refractivity contribution in [1.82, 2.24) is 0 Å². The summed E-state index contributed by atoms with van der Waals surface area (Å²) in [6, 6.07) is 4.73. The zero-order valence-electron chi connectivity index (χ0n) is 7.33. The average molecular weight is 215 g/mol. The summed E-state index contributed by atoms with van der Waals surface area (Å²) in [6.07, 6.45) is 0. The molecule has 0 bridgehead atoms. The minimum atomic E-state index is -1.61. The lowest BCUT2D eigenvalue weighted by Crippen LogP contribution is -2.08. The van der Waals surface area contributed by atoms with Crippen molar-refractivity contribution >= 4 is 10.8 Å². The maximum atomic E-state index is 12.7. The Morgan fingerprint density at radius 2 is 2.07 bits per heavy atom. The molecule has 0 aliphatic rings. The van der Waals surface area contributed by atoms with Gasteiger partial charge in [0.15, 0.2) is 11.6 Å². The van der Waals surface area contributed by atoms with Crippen LogP contribution in [0.1, 0.15) is 6.92 Å². The number of halogens is 2. The van der Waals surface area contributed by atoms with Gasteiger partial charge in [0.2, 0.25) is 0 Å². The minimum absolute atomic E-state index is 0.123. The number of nitrogens with zero attached hydrogens (tertiary/aromatic N) is 1. The van der Waals surface area contributed by atoms with E-state index in [4.69, 9.17) is 5.26 Å².